The molecule has 1 heterocycles. The van der Waals surface area contributed by atoms with E-state index < -0.39 is 0 Å². The molecule has 0 unspecified atom stereocenters. The fraction of sp³-hybridized carbons (Fsp3) is 0.688. The maximum atomic E-state index is 12.0. The van der Waals surface area contributed by atoms with E-state index in [4.69, 9.17) is 0 Å². The first-order valence-electron chi connectivity index (χ1n) is 8.00. The first kappa shape index (κ1) is 17.8. The molecule has 0 bridgehead atoms. The zero-order valence-electron chi connectivity index (χ0n) is 14.0. The highest BCUT2D eigenvalue weighted by Gasteiger charge is 2.24. The smallest absolute Gasteiger partial charge is 0.315 e. The fourth-order valence-corrected chi connectivity index (χ4v) is 3.53. The molecule has 128 valence electrons. The van der Waals surface area contributed by atoms with Crippen molar-refractivity contribution in [3.63, 3.8) is 0 Å². The average Bonchev–Trinajstić information content (AvgIpc) is 2.94. The summed E-state index contributed by atoms with van der Waals surface area (Å²) in [5.74, 6) is 0.719. The van der Waals surface area contributed by atoms with Gasteiger partial charge in [0.1, 0.15) is 0 Å². The van der Waals surface area contributed by atoms with E-state index >= 15 is 0 Å². The van der Waals surface area contributed by atoms with Gasteiger partial charge in [0.2, 0.25) is 5.91 Å². The van der Waals surface area contributed by atoms with E-state index in [0.29, 0.717) is 24.0 Å². The second-order valence-corrected chi connectivity index (χ2v) is 7.15. The van der Waals surface area contributed by atoms with Crippen LogP contribution in [0.2, 0.25) is 0 Å². The lowest BCUT2D eigenvalue weighted by Crippen LogP contribution is -2.39. The molecule has 1 aromatic rings. The standard InChI is InChI=1S/C16H25N3O3S/c1-11(2)19-14-8-13(5-4-12(14)9-17-19)18-15(20)6-7-23-10-16(21)22-3/h9,11,13H,4-8,10H2,1-3H3,(H,18,20)/t13-/m0/s1. The highest BCUT2D eigenvalue weighted by atomic mass is 32.2. The molecule has 0 saturated carbocycles. The number of esters is 1. The van der Waals surface area contributed by atoms with Crippen LogP contribution in [0.25, 0.3) is 0 Å². The summed E-state index contributed by atoms with van der Waals surface area (Å²) in [5, 5.41) is 7.56. The first-order chi connectivity index (χ1) is 11.0. The van der Waals surface area contributed by atoms with Crippen LogP contribution >= 0.6 is 11.8 Å². The third kappa shape index (κ3) is 4.99. The lowest BCUT2D eigenvalue weighted by Gasteiger charge is -2.25. The van der Waals surface area contributed by atoms with E-state index in [0.717, 1.165) is 19.3 Å². The normalized spacial score (nSPS) is 17.0. The predicted octanol–water partition coefficient (Wildman–Crippen LogP) is 1.73. The van der Waals surface area contributed by atoms with Gasteiger partial charge in [0.15, 0.2) is 0 Å². The minimum Gasteiger partial charge on any atom is -0.468 e. The lowest BCUT2D eigenvalue weighted by atomic mass is 9.93. The van der Waals surface area contributed by atoms with Gasteiger partial charge in [0.05, 0.1) is 19.1 Å². The van der Waals surface area contributed by atoms with Crippen LogP contribution in [0.1, 0.15) is 44.0 Å². The molecule has 23 heavy (non-hydrogen) atoms. The lowest BCUT2D eigenvalue weighted by molar-refractivity contribution is -0.137. The summed E-state index contributed by atoms with van der Waals surface area (Å²) in [6.45, 7) is 4.24. The van der Waals surface area contributed by atoms with Gasteiger partial charge in [-0.1, -0.05) is 0 Å². The summed E-state index contributed by atoms with van der Waals surface area (Å²) in [6, 6.07) is 0.512. The molecule has 6 nitrogen and oxygen atoms in total. The molecule has 1 aromatic heterocycles. The van der Waals surface area contributed by atoms with Crippen LogP contribution in [-0.2, 0) is 27.2 Å². The number of hydrogen-bond donors (Lipinski definition) is 1. The molecule has 0 spiro atoms. The van der Waals surface area contributed by atoms with E-state index in [9.17, 15) is 9.59 Å². The number of thioether (sulfide) groups is 1. The predicted molar refractivity (Wildman–Crippen MR) is 90.5 cm³/mol. The largest absolute Gasteiger partial charge is 0.468 e. The number of ether oxygens (including phenoxy) is 1. The number of amides is 1. The molecule has 0 radical (unpaired) electrons. The fourth-order valence-electron chi connectivity index (χ4n) is 2.77. The van der Waals surface area contributed by atoms with Crippen LogP contribution in [0.4, 0.5) is 0 Å². The van der Waals surface area contributed by atoms with Crippen LogP contribution < -0.4 is 5.32 Å². The zero-order chi connectivity index (χ0) is 16.8. The van der Waals surface area contributed by atoms with E-state index in [1.54, 1.807) is 0 Å². The Bertz CT molecular complexity index is 557. The minimum absolute atomic E-state index is 0.0476. The Morgan fingerprint density at radius 3 is 3.00 bits per heavy atom. The van der Waals surface area contributed by atoms with Gasteiger partial charge in [-0.2, -0.15) is 5.10 Å². The van der Waals surface area contributed by atoms with Crippen molar-refractivity contribution in [2.75, 3.05) is 18.6 Å². The average molecular weight is 339 g/mol. The van der Waals surface area contributed by atoms with E-state index in [2.05, 4.69) is 33.7 Å². The van der Waals surface area contributed by atoms with Gasteiger partial charge in [-0.3, -0.25) is 14.3 Å². The van der Waals surface area contributed by atoms with E-state index in [1.807, 2.05) is 6.20 Å². The highest BCUT2D eigenvalue weighted by molar-refractivity contribution is 7.99. The summed E-state index contributed by atoms with van der Waals surface area (Å²) < 4.78 is 6.62. The molecular weight excluding hydrogens is 314 g/mol. The number of aromatic nitrogens is 2. The van der Waals surface area contributed by atoms with Crippen LogP contribution in [-0.4, -0.2) is 46.3 Å². The molecule has 0 aliphatic heterocycles. The van der Waals surface area contributed by atoms with Crippen molar-refractivity contribution in [1.29, 1.82) is 0 Å². The second kappa shape index (κ2) is 8.38. The van der Waals surface area contributed by atoms with Crippen molar-refractivity contribution in [3.05, 3.63) is 17.5 Å². The summed E-state index contributed by atoms with van der Waals surface area (Å²) >= 11 is 1.42. The van der Waals surface area contributed by atoms with Crippen molar-refractivity contribution < 1.29 is 14.3 Å². The van der Waals surface area contributed by atoms with Gasteiger partial charge in [-0.15, -0.1) is 11.8 Å². The molecule has 0 fully saturated rings. The Balaban J connectivity index is 1.77. The topological polar surface area (TPSA) is 73.2 Å². The Hall–Kier alpha value is -1.50. The maximum Gasteiger partial charge on any atom is 0.315 e. The quantitative estimate of drug-likeness (QED) is 0.605. The Morgan fingerprint density at radius 1 is 1.52 bits per heavy atom. The molecular formula is C16H25N3O3S. The van der Waals surface area contributed by atoms with Gasteiger partial charge in [-0.25, -0.2) is 0 Å². The number of carbonyl (C=O) groups excluding carboxylic acids is 2. The molecule has 0 aromatic carbocycles. The number of nitrogens with one attached hydrogen (secondary N) is 1. The molecule has 0 saturated heterocycles. The molecule has 1 N–H and O–H groups in total. The van der Waals surface area contributed by atoms with Crippen molar-refractivity contribution in [1.82, 2.24) is 15.1 Å². The Kier molecular flexibility index (Phi) is 6.50. The van der Waals surface area contributed by atoms with E-state index in [-0.39, 0.29) is 17.9 Å². The van der Waals surface area contributed by atoms with Crippen LogP contribution in [0.15, 0.2) is 6.20 Å². The number of carbonyl (C=O) groups is 2. The minimum atomic E-state index is -0.253. The van der Waals surface area contributed by atoms with Crippen LogP contribution in [0.3, 0.4) is 0 Å². The third-order valence-electron chi connectivity index (χ3n) is 3.96. The van der Waals surface area contributed by atoms with Crippen molar-refractivity contribution in [2.45, 2.75) is 51.6 Å². The monoisotopic (exact) mass is 339 g/mol. The highest BCUT2D eigenvalue weighted by Crippen LogP contribution is 2.23. The molecule has 1 aliphatic carbocycles. The maximum absolute atomic E-state index is 12.0. The Morgan fingerprint density at radius 2 is 2.30 bits per heavy atom. The first-order valence-corrected chi connectivity index (χ1v) is 9.16. The molecule has 1 aliphatic rings. The molecule has 2 rings (SSSR count). The summed E-state index contributed by atoms with van der Waals surface area (Å²) in [4.78, 5) is 23.0. The van der Waals surface area contributed by atoms with Crippen LogP contribution in [0.5, 0.6) is 0 Å². The SMILES string of the molecule is COC(=O)CSCCC(=O)N[C@H]1CCc2cnn(C(C)C)c2C1. The van der Waals surface area contributed by atoms with Crippen molar-refractivity contribution in [3.8, 4) is 0 Å². The van der Waals surface area contributed by atoms with Crippen molar-refractivity contribution >= 4 is 23.6 Å². The number of fused-ring (bicyclic) bond motifs is 1. The van der Waals surface area contributed by atoms with Gasteiger partial charge >= 0.3 is 5.97 Å². The van der Waals surface area contributed by atoms with Gasteiger partial charge in [0, 0.05) is 36.4 Å². The second-order valence-electron chi connectivity index (χ2n) is 6.04. The number of methoxy groups -OCH3 is 1. The number of hydrogen-bond acceptors (Lipinski definition) is 5. The third-order valence-corrected chi connectivity index (χ3v) is 4.89. The number of aryl methyl sites for hydroxylation is 1. The van der Waals surface area contributed by atoms with Crippen molar-refractivity contribution in [2.24, 2.45) is 0 Å². The molecule has 1 atom stereocenters. The zero-order valence-corrected chi connectivity index (χ0v) is 14.8. The summed E-state index contributed by atoms with van der Waals surface area (Å²) in [5.41, 5.74) is 2.55. The molecule has 1 amide bonds. The Labute approximate surface area is 141 Å². The molecule has 7 heteroatoms. The summed E-state index contributed by atoms with van der Waals surface area (Å²) in [6.07, 6.45) is 5.14. The van der Waals surface area contributed by atoms with Gasteiger partial charge in [0.25, 0.3) is 0 Å². The van der Waals surface area contributed by atoms with Crippen LogP contribution in [0, 0.1) is 0 Å². The number of nitrogens with zero attached hydrogens (tertiary/aromatic N) is 2. The van der Waals surface area contributed by atoms with Gasteiger partial charge < -0.3 is 10.1 Å². The number of rotatable bonds is 7. The summed E-state index contributed by atoms with van der Waals surface area (Å²) in [7, 11) is 1.37. The van der Waals surface area contributed by atoms with E-state index in [1.165, 1.54) is 30.1 Å². The van der Waals surface area contributed by atoms with Gasteiger partial charge in [-0.05, 0) is 32.3 Å².